The first-order chi connectivity index (χ1) is 12.2. The van der Waals surface area contributed by atoms with Gasteiger partial charge in [0.2, 0.25) is 0 Å². The zero-order valence-electron chi connectivity index (χ0n) is 14.9. The monoisotopic (exact) mass is 336 g/mol. The highest BCUT2D eigenvalue weighted by molar-refractivity contribution is 5.71. The van der Waals surface area contributed by atoms with Crippen LogP contribution in [0.2, 0.25) is 0 Å². The zero-order valence-corrected chi connectivity index (χ0v) is 14.9. The van der Waals surface area contributed by atoms with Crippen molar-refractivity contribution in [1.29, 1.82) is 0 Å². The summed E-state index contributed by atoms with van der Waals surface area (Å²) in [6.45, 7) is 5.02. The van der Waals surface area contributed by atoms with Crippen LogP contribution in [0.5, 0.6) is 0 Å². The molecule has 25 heavy (non-hydrogen) atoms. The van der Waals surface area contributed by atoms with Crippen LogP contribution in [0.15, 0.2) is 47.4 Å². The molecule has 5 nitrogen and oxygen atoms in total. The van der Waals surface area contributed by atoms with Crippen molar-refractivity contribution >= 4 is 11.2 Å². The number of likely N-dealkylation sites (tertiary alicyclic amines) is 1. The molecule has 0 bridgehead atoms. The molecular formula is C20H24N4O. The quantitative estimate of drug-likeness (QED) is 0.736. The molecule has 1 fully saturated rings. The summed E-state index contributed by atoms with van der Waals surface area (Å²) in [7, 11) is 1.82. The smallest absolute Gasteiger partial charge is 0.297 e. The summed E-state index contributed by atoms with van der Waals surface area (Å²) < 4.78 is 3.59. The Bertz CT molecular complexity index is 938. The molecule has 2 aromatic heterocycles. The predicted molar refractivity (Wildman–Crippen MR) is 99.7 cm³/mol. The molecule has 0 amide bonds. The number of rotatable bonds is 4. The maximum absolute atomic E-state index is 12.7. The Balaban J connectivity index is 1.55. The minimum Gasteiger partial charge on any atom is -0.297 e. The van der Waals surface area contributed by atoms with E-state index in [2.05, 4.69) is 41.1 Å². The van der Waals surface area contributed by atoms with Crippen molar-refractivity contribution in [3.05, 3.63) is 64.2 Å². The first-order valence-electron chi connectivity index (χ1n) is 8.99. The number of hydrogen-bond donors (Lipinski definition) is 0. The molecule has 4 rings (SSSR count). The Morgan fingerprint density at radius 1 is 1.16 bits per heavy atom. The maximum atomic E-state index is 12.7. The van der Waals surface area contributed by atoms with Crippen LogP contribution < -0.4 is 5.69 Å². The molecule has 1 saturated heterocycles. The van der Waals surface area contributed by atoms with Gasteiger partial charge in [0, 0.05) is 32.9 Å². The Morgan fingerprint density at radius 3 is 2.68 bits per heavy atom. The predicted octanol–water partition coefficient (Wildman–Crippen LogP) is 2.74. The highest BCUT2D eigenvalue weighted by Crippen LogP contribution is 2.25. The van der Waals surface area contributed by atoms with E-state index in [0.29, 0.717) is 0 Å². The van der Waals surface area contributed by atoms with Crippen LogP contribution >= 0.6 is 0 Å². The minimum absolute atomic E-state index is 0.0350. The molecule has 5 heteroatoms. The largest absolute Gasteiger partial charge is 0.330 e. The summed E-state index contributed by atoms with van der Waals surface area (Å²) >= 11 is 0. The summed E-state index contributed by atoms with van der Waals surface area (Å²) in [5.41, 5.74) is 4.45. The number of imidazole rings is 1. The molecular weight excluding hydrogens is 312 g/mol. The van der Waals surface area contributed by atoms with Crippen LogP contribution in [0.1, 0.15) is 30.5 Å². The van der Waals surface area contributed by atoms with Crippen molar-refractivity contribution in [2.24, 2.45) is 7.05 Å². The van der Waals surface area contributed by atoms with Crippen LogP contribution in [-0.2, 0) is 20.0 Å². The number of pyridine rings is 1. The molecule has 1 aliphatic rings. The van der Waals surface area contributed by atoms with E-state index in [1.54, 1.807) is 10.8 Å². The van der Waals surface area contributed by atoms with E-state index < -0.39 is 0 Å². The number of hydrogen-bond acceptors (Lipinski definition) is 3. The summed E-state index contributed by atoms with van der Waals surface area (Å²) in [6, 6.07) is 12.9. The lowest BCUT2D eigenvalue weighted by atomic mass is 10.1. The fraction of sp³-hybridized carbons (Fsp3) is 0.400. The average molecular weight is 336 g/mol. The number of fused-ring (bicyclic) bond motifs is 1. The number of nitrogens with zero attached hydrogens (tertiary/aromatic N) is 4. The Hall–Kier alpha value is -2.40. The van der Waals surface area contributed by atoms with Crippen LogP contribution in [-0.4, -0.2) is 32.1 Å². The zero-order chi connectivity index (χ0) is 17.4. The molecule has 1 atom stereocenters. The van der Waals surface area contributed by atoms with Crippen molar-refractivity contribution in [3.8, 4) is 0 Å². The third-order valence-corrected chi connectivity index (χ3v) is 5.30. The van der Waals surface area contributed by atoms with Gasteiger partial charge in [-0.25, -0.2) is 9.78 Å². The van der Waals surface area contributed by atoms with Gasteiger partial charge in [-0.1, -0.05) is 31.2 Å². The molecule has 3 heterocycles. The van der Waals surface area contributed by atoms with E-state index in [9.17, 15) is 4.79 Å². The standard InChI is InChI=1S/C20H24N4O/c1-3-15-6-8-16(9-7-15)13-23-12-10-17(14-23)24-19-18(5-4-11-21-19)22(2)20(24)25/h4-9,11,17H,3,10,12-14H2,1-2H3. The second-order valence-electron chi connectivity index (χ2n) is 6.91. The van der Waals surface area contributed by atoms with Gasteiger partial charge in [0.05, 0.1) is 11.6 Å². The molecule has 0 radical (unpaired) electrons. The SMILES string of the molecule is CCc1ccc(CN2CCC(n3c(=O)n(C)c4cccnc43)C2)cc1. The molecule has 1 aliphatic heterocycles. The maximum Gasteiger partial charge on any atom is 0.330 e. The summed E-state index contributed by atoms with van der Waals surface area (Å²) in [6.07, 6.45) is 3.83. The van der Waals surface area contributed by atoms with E-state index in [-0.39, 0.29) is 11.7 Å². The minimum atomic E-state index is 0.0350. The van der Waals surface area contributed by atoms with Gasteiger partial charge < -0.3 is 0 Å². The number of aromatic nitrogens is 3. The van der Waals surface area contributed by atoms with Gasteiger partial charge in [-0.05, 0) is 36.1 Å². The van der Waals surface area contributed by atoms with Gasteiger partial charge in [-0.3, -0.25) is 14.0 Å². The summed E-state index contributed by atoms with van der Waals surface area (Å²) in [5.74, 6) is 0. The van der Waals surface area contributed by atoms with E-state index in [1.807, 2.05) is 23.7 Å². The van der Waals surface area contributed by atoms with Gasteiger partial charge in [0.1, 0.15) is 0 Å². The molecule has 0 spiro atoms. The topological polar surface area (TPSA) is 43.1 Å². The fourth-order valence-corrected chi connectivity index (χ4v) is 3.83. The van der Waals surface area contributed by atoms with Crippen molar-refractivity contribution in [2.75, 3.05) is 13.1 Å². The molecule has 3 aromatic rings. The van der Waals surface area contributed by atoms with E-state index >= 15 is 0 Å². The molecule has 0 saturated carbocycles. The van der Waals surface area contributed by atoms with Gasteiger partial charge in [0.25, 0.3) is 0 Å². The Morgan fingerprint density at radius 2 is 1.92 bits per heavy atom. The second kappa shape index (κ2) is 6.48. The average Bonchev–Trinajstić information content (AvgIpc) is 3.19. The third-order valence-electron chi connectivity index (χ3n) is 5.30. The lowest BCUT2D eigenvalue weighted by Crippen LogP contribution is -2.28. The normalized spacial score (nSPS) is 18.2. The molecule has 0 N–H and O–H groups in total. The highest BCUT2D eigenvalue weighted by atomic mass is 16.1. The van der Waals surface area contributed by atoms with Gasteiger partial charge >= 0.3 is 5.69 Å². The third kappa shape index (κ3) is 2.89. The van der Waals surface area contributed by atoms with Crippen molar-refractivity contribution in [3.63, 3.8) is 0 Å². The van der Waals surface area contributed by atoms with Crippen LogP contribution in [0.4, 0.5) is 0 Å². The lowest BCUT2D eigenvalue weighted by molar-refractivity contribution is 0.316. The fourth-order valence-electron chi connectivity index (χ4n) is 3.83. The van der Waals surface area contributed by atoms with E-state index in [1.165, 1.54) is 11.1 Å². The van der Waals surface area contributed by atoms with Crippen LogP contribution in [0, 0.1) is 0 Å². The lowest BCUT2D eigenvalue weighted by Gasteiger charge is -2.17. The van der Waals surface area contributed by atoms with Crippen molar-refractivity contribution < 1.29 is 0 Å². The number of benzene rings is 1. The van der Waals surface area contributed by atoms with Crippen molar-refractivity contribution in [1.82, 2.24) is 19.0 Å². The van der Waals surface area contributed by atoms with Gasteiger partial charge in [-0.15, -0.1) is 0 Å². The summed E-state index contributed by atoms with van der Waals surface area (Å²) in [4.78, 5) is 19.6. The number of aryl methyl sites for hydroxylation is 2. The van der Waals surface area contributed by atoms with Crippen molar-refractivity contribution in [2.45, 2.75) is 32.4 Å². The Labute approximate surface area is 147 Å². The molecule has 0 aliphatic carbocycles. The second-order valence-corrected chi connectivity index (χ2v) is 6.91. The summed E-state index contributed by atoms with van der Waals surface area (Å²) in [5, 5.41) is 0. The van der Waals surface area contributed by atoms with E-state index in [4.69, 9.17) is 0 Å². The van der Waals surface area contributed by atoms with Crippen LogP contribution in [0.3, 0.4) is 0 Å². The first-order valence-corrected chi connectivity index (χ1v) is 8.99. The Kier molecular flexibility index (Phi) is 4.17. The van der Waals surface area contributed by atoms with Crippen LogP contribution in [0.25, 0.3) is 11.2 Å². The highest BCUT2D eigenvalue weighted by Gasteiger charge is 2.27. The van der Waals surface area contributed by atoms with E-state index in [0.717, 1.165) is 43.6 Å². The molecule has 130 valence electrons. The van der Waals surface area contributed by atoms with Gasteiger partial charge in [-0.2, -0.15) is 0 Å². The first kappa shape index (κ1) is 16.1. The van der Waals surface area contributed by atoms with Gasteiger partial charge in [0.15, 0.2) is 5.65 Å². The molecule has 1 unspecified atom stereocenters. The molecule has 1 aromatic carbocycles.